The van der Waals surface area contributed by atoms with Crippen molar-refractivity contribution in [3.05, 3.63) is 28.8 Å². The molecule has 0 unspecified atom stereocenters. The van der Waals surface area contributed by atoms with Gasteiger partial charge in [-0.2, -0.15) is 8.78 Å². The summed E-state index contributed by atoms with van der Waals surface area (Å²) >= 11 is 7.08. The van der Waals surface area contributed by atoms with E-state index >= 15 is 0 Å². The predicted octanol–water partition coefficient (Wildman–Crippen LogP) is 3.35. The molecule has 0 spiro atoms. The first-order valence-corrected chi connectivity index (χ1v) is 5.29. The zero-order chi connectivity index (χ0) is 10.8. The van der Waals surface area contributed by atoms with Gasteiger partial charge in [-0.15, -0.1) is 11.8 Å². The second-order valence-electron chi connectivity index (χ2n) is 2.59. The van der Waals surface area contributed by atoms with Gasteiger partial charge in [-0.1, -0.05) is 17.7 Å². The van der Waals surface area contributed by atoms with Crippen LogP contribution in [0.1, 0.15) is 5.56 Å². The summed E-state index contributed by atoms with van der Waals surface area (Å²) in [5.41, 5.74) is -0.379. The fraction of sp³-hybridized carbons (Fsp3) is 0.222. The highest BCUT2D eigenvalue weighted by Crippen LogP contribution is 2.32. The van der Waals surface area contributed by atoms with Crippen molar-refractivity contribution in [1.82, 2.24) is 0 Å². The lowest BCUT2D eigenvalue weighted by atomic mass is 10.1. The minimum absolute atomic E-state index is 0.233. The zero-order valence-corrected chi connectivity index (χ0v) is 8.83. The molecule has 0 atom stereocenters. The Labute approximate surface area is 89.4 Å². The van der Waals surface area contributed by atoms with Crippen molar-refractivity contribution in [1.29, 1.82) is 0 Å². The van der Waals surface area contributed by atoms with Crippen LogP contribution in [0.25, 0.3) is 0 Å². The molecule has 14 heavy (non-hydrogen) atoms. The number of carbonyl (C=O) groups excluding carboxylic acids is 1. The van der Waals surface area contributed by atoms with E-state index in [0.717, 1.165) is 6.07 Å². The molecule has 0 aliphatic heterocycles. The first-order chi connectivity index (χ1) is 6.51. The van der Waals surface area contributed by atoms with Gasteiger partial charge in [-0.25, -0.2) is 0 Å². The zero-order valence-electron chi connectivity index (χ0n) is 7.26. The molecule has 1 aromatic carbocycles. The van der Waals surface area contributed by atoms with Gasteiger partial charge in [0.2, 0.25) is 0 Å². The van der Waals surface area contributed by atoms with Crippen LogP contribution in [0.15, 0.2) is 23.1 Å². The lowest BCUT2D eigenvalue weighted by Gasteiger charge is -2.10. The molecule has 0 saturated carbocycles. The number of aldehydes is 1. The Kier molecular flexibility index (Phi) is 3.50. The summed E-state index contributed by atoms with van der Waals surface area (Å²) in [5, 5.41) is 0.233. The predicted molar refractivity (Wildman–Crippen MR) is 53.2 cm³/mol. The van der Waals surface area contributed by atoms with Crippen molar-refractivity contribution >= 4 is 29.6 Å². The van der Waals surface area contributed by atoms with E-state index in [0.29, 0.717) is 4.90 Å². The second-order valence-corrected chi connectivity index (χ2v) is 3.85. The van der Waals surface area contributed by atoms with Gasteiger partial charge in [0, 0.05) is 10.5 Å². The van der Waals surface area contributed by atoms with Gasteiger partial charge in [0.25, 0.3) is 0 Å². The van der Waals surface area contributed by atoms with Crippen molar-refractivity contribution in [2.45, 2.75) is 10.8 Å². The number of hydrogen-bond donors (Lipinski definition) is 0. The van der Waals surface area contributed by atoms with Crippen molar-refractivity contribution in [3.63, 3.8) is 0 Å². The van der Waals surface area contributed by atoms with Gasteiger partial charge in [-0.3, -0.25) is 4.79 Å². The summed E-state index contributed by atoms with van der Waals surface area (Å²) in [4.78, 5) is 10.8. The molecule has 0 amide bonds. The Balaban J connectivity index is 3.15. The molecule has 1 nitrogen and oxygen atoms in total. The lowest BCUT2D eigenvalue weighted by Crippen LogP contribution is -2.14. The van der Waals surface area contributed by atoms with E-state index in [4.69, 9.17) is 11.6 Å². The molecule has 5 heteroatoms. The van der Waals surface area contributed by atoms with E-state index in [1.807, 2.05) is 0 Å². The van der Waals surface area contributed by atoms with Crippen LogP contribution in [-0.2, 0) is 10.7 Å². The van der Waals surface area contributed by atoms with Crippen molar-refractivity contribution < 1.29 is 13.6 Å². The van der Waals surface area contributed by atoms with Gasteiger partial charge in [-0.05, 0) is 18.4 Å². The van der Waals surface area contributed by atoms with E-state index in [1.54, 1.807) is 6.26 Å². The molecule has 0 saturated heterocycles. The second kappa shape index (κ2) is 4.28. The van der Waals surface area contributed by atoms with Crippen LogP contribution >= 0.6 is 23.4 Å². The van der Waals surface area contributed by atoms with Gasteiger partial charge in [0.05, 0.1) is 5.02 Å². The Hall–Kier alpha value is -0.610. The molecule has 0 heterocycles. The highest BCUT2D eigenvalue weighted by atomic mass is 35.5. The Morgan fingerprint density at radius 1 is 1.50 bits per heavy atom. The molecule has 0 N–H and O–H groups in total. The number of thioether (sulfide) groups is 1. The molecule has 0 fully saturated rings. The fourth-order valence-electron chi connectivity index (χ4n) is 0.942. The largest absolute Gasteiger partial charge is 0.327 e. The monoisotopic (exact) mass is 236 g/mol. The maximum atomic E-state index is 12.9. The van der Waals surface area contributed by atoms with Crippen LogP contribution in [0.3, 0.4) is 0 Å². The standard InChI is InChI=1S/C9H7ClF2OS/c1-14-8-3-2-6(4-7(8)10)9(11,12)5-13/h2-5H,1H3. The normalized spacial score (nSPS) is 11.4. The Bertz CT molecular complexity index is 355. The van der Waals surface area contributed by atoms with Gasteiger partial charge < -0.3 is 0 Å². The quantitative estimate of drug-likeness (QED) is 0.591. The first-order valence-electron chi connectivity index (χ1n) is 3.69. The topological polar surface area (TPSA) is 17.1 Å². The summed E-state index contributed by atoms with van der Waals surface area (Å²) in [6, 6.07) is 3.79. The Morgan fingerprint density at radius 3 is 2.57 bits per heavy atom. The third-order valence-corrected chi connectivity index (χ3v) is 2.91. The number of benzene rings is 1. The van der Waals surface area contributed by atoms with E-state index < -0.39 is 12.2 Å². The summed E-state index contributed by atoms with van der Waals surface area (Å²) in [6.07, 6.45) is 1.40. The third-order valence-electron chi connectivity index (χ3n) is 1.68. The molecule has 0 aromatic heterocycles. The fourth-order valence-corrected chi connectivity index (χ4v) is 1.81. The minimum Gasteiger partial charge on any atom is -0.296 e. The molecule has 1 rings (SSSR count). The van der Waals surface area contributed by atoms with Gasteiger partial charge >= 0.3 is 5.92 Å². The van der Waals surface area contributed by atoms with Gasteiger partial charge in [0.15, 0.2) is 6.29 Å². The summed E-state index contributed by atoms with van der Waals surface area (Å²) < 4.78 is 25.7. The number of rotatable bonds is 3. The number of halogens is 3. The number of alkyl halides is 2. The van der Waals surface area contributed by atoms with E-state index in [1.165, 1.54) is 23.9 Å². The molecule has 0 radical (unpaired) electrons. The lowest BCUT2D eigenvalue weighted by molar-refractivity contribution is -0.130. The van der Waals surface area contributed by atoms with E-state index in [2.05, 4.69) is 0 Å². The van der Waals surface area contributed by atoms with Crippen molar-refractivity contribution in [2.24, 2.45) is 0 Å². The minimum atomic E-state index is -3.46. The molecular formula is C9H7ClF2OS. The van der Waals surface area contributed by atoms with Crippen molar-refractivity contribution in [3.8, 4) is 0 Å². The summed E-state index contributed by atoms with van der Waals surface area (Å²) in [5.74, 6) is -3.46. The van der Waals surface area contributed by atoms with Crippen LogP contribution in [0.2, 0.25) is 5.02 Å². The molecule has 76 valence electrons. The smallest absolute Gasteiger partial charge is 0.296 e. The van der Waals surface area contributed by atoms with Crippen LogP contribution < -0.4 is 0 Å². The van der Waals surface area contributed by atoms with Crippen molar-refractivity contribution in [2.75, 3.05) is 6.26 Å². The van der Waals surface area contributed by atoms with Crippen LogP contribution in [0.4, 0.5) is 8.78 Å². The third kappa shape index (κ3) is 2.25. The van der Waals surface area contributed by atoms with Crippen LogP contribution in [0, 0.1) is 0 Å². The SMILES string of the molecule is CSc1ccc(C(F)(F)C=O)cc1Cl. The first kappa shape index (κ1) is 11.5. The number of hydrogen-bond acceptors (Lipinski definition) is 2. The van der Waals surface area contributed by atoms with Crippen LogP contribution in [0.5, 0.6) is 0 Å². The summed E-state index contributed by atoms with van der Waals surface area (Å²) in [6.45, 7) is 0. The maximum Gasteiger partial charge on any atom is 0.327 e. The molecule has 0 aliphatic carbocycles. The van der Waals surface area contributed by atoms with Crippen LogP contribution in [-0.4, -0.2) is 12.5 Å². The molecular weight excluding hydrogens is 230 g/mol. The highest BCUT2D eigenvalue weighted by Gasteiger charge is 2.31. The summed E-state index contributed by atoms with van der Waals surface area (Å²) in [7, 11) is 0. The Morgan fingerprint density at radius 2 is 2.14 bits per heavy atom. The molecule has 0 bridgehead atoms. The van der Waals surface area contributed by atoms with E-state index in [9.17, 15) is 13.6 Å². The molecule has 0 aliphatic rings. The maximum absolute atomic E-state index is 12.9. The van der Waals surface area contributed by atoms with Gasteiger partial charge in [0.1, 0.15) is 0 Å². The molecule has 1 aromatic rings. The average molecular weight is 237 g/mol. The highest BCUT2D eigenvalue weighted by molar-refractivity contribution is 7.98. The number of carbonyl (C=O) groups is 1. The average Bonchev–Trinajstić information content (AvgIpc) is 2.17. The van der Waals surface area contributed by atoms with E-state index in [-0.39, 0.29) is 10.6 Å².